The Morgan fingerprint density at radius 3 is 2.00 bits per heavy atom. The molecule has 0 atom stereocenters. The summed E-state index contributed by atoms with van der Waals surface area (Å²) < 4.78 is 0. The van der Waals surface area contributed by atoms with E-state index < -0.39 is 0 Å². The van der Waals surface area contributed by atoms with Crippen molar-refractivity contribution in [1.82, 2.24) is 15.0 Å². The standard InChI is InChI=1S/C3H4N4.Na.H/c4-3-6-1-5-2-7-3;;/h1-2H,(H2,4,5,6,7);;. The van der Waals surface area contributed by atoms with Gasteiger partial charge in [0, 0.05) is 0 Å². The first-order valence-corrected chi connectivity index (χ1v) is 1.77. The predicted octanol–water partition coefficient (Wildman–Crippen LogP) is -1.19. The summed E-state index contributed by atoms with van der Waals surface area (Å²) in [5.41, 5.74) is 5.10. The van der Waals surface area contributed by atoms with E-state index in [1.165, 1.54) is 12.7 Å². The van der Waals surface area contributed by atoms with Crippen LogP contribution in [0.1, 0.15) is 0 Å². The monoisotopic (exact) mass is 120 g/mol. The van der Waals surface area contributed by atoms with Gasteiger partial charge in [-0.05, 0) is 0 Å². The van der Waals surface area contributed by atoms with Crippen molar-refractivity contribution in [2.24, 2.45) is 0 Å². The first-order chi connectivity index (χ1) is 3.39. The van der Waals surface area contributed by atoms with Gasteiger partial charge in [0.05, 0.1) is 0 Å². The van der Waals surface area contributed by atoms with Crippen LogP contribution in [0.4, 0.5) is 5.95 Å². The van der Waals surface area contributed by atoms with Crippen LogP contribution in [0.2, 0.25) is 0 Å². The van der Waals surface area contributed by atoms with Gasteiger partial charge in [0.1, 0.15) is 12.7 Å². The molecule has 0 spiro atoms. The molecule has 0 aliphatic carbocycles. The molecule has 0 amide bonds. The van der Waals surface area contributed by atoms with E-state index in [-0.39, 0.29) is 35.5 Å². The zero-order valence-electron chi connectivity index (χ0n) is 3.57. The third kappa shape index (κ3) is 2.20. The van der Waals surface area contributed by atoms with Gasteiger partial charge in [-0.3, -0.25) is 0 Å². The Bertz CT molecular complexity index is 141. The molecule has 0 aromatic carbocycles. The van der Waals surface area contributed by atoms with Gasteiger partial charge >= 0.3 is 29.6 Å². The fourth-order valence-electron chi connectivity index (χ4n) is 0.248. The van der Waals surface area contributed by atoms with Crippen molar-refractivity contribution in [3.8, 4) is 0 Å². The molecule has 1 rings (SSSR count). The summed E-state index contributed by atoms with van der Waals surface area (Å²) in [5, 5.41) is 0. The van der Waals surface area contributed by atoms with Crippen molar-refractivity contribution in [1.29, 1.82) is 0 Å². The number of rotatable bonds is 0. The van der Waals surface area contributed by atoms with Gasteiger partial charge in [-0.2, -0.15) is 0 Å². The van der Waals surface area contributed by atoms with E-state index in [0.717, 1.165) is 0 Å². The van der Waals surface area contributed by atoms with Crippen LogP contribution < -0.4 is 5.73 Å². The molecular weight excluding hydrogens is 115 g/mol. The zero-order chi connectivity index (χ0) is 5.11. The van der Waals surface area contributed by atoms with Gasteiger partial charge in [-0.15, -0.1) is 0 Å². The predicted molar refractivity (Wildman–Crippen MR) is 31.4 cm³/mol. The summed E-state index contributed by atoms with van der Waals surface area (Å²) in [5.74, 6) is 0.259. The maximum absolute atomic E-state index is 5.10. The van der Waals surface area contributed by atoms with E-state index in [1.807, 2.05) is 0 Å². The van der Waals surface area contributed by atoms with E-state index in [0.29, 0.717) is 0 Å². The van der Waals surface area contributed by atoms with Gasteiger partial charge < -0.3 is 5.73 Å². The third-order valence-electron chi connectivity index (χ3n) is 0.513. The molecule has 4 nitrogen and oxygen atoms in total. The molecule has 0 aliphatic heterocycles. The minimum atomic E-state index is 0. The molecule has 1 aromatic heterocycles. The van der Waals surface area contributed by atoms with E-state index in [2.05, 4.69) is 15.0 Å². The molecule has 1 heterocycles. The second-order valence-electron chi connectivity index (χ2n) is 0.996. The van der Waals surface area contributed by atoms with E-state index in [9.17, 15) is 0 Å². The number of hydrogen-bond acceptors (Lipinski definition) is 4. The molecule has 5 heteroatoms. The Morgan fingerprint density at radius 2 is 1.75 bits per heavy atom. The Morgan fingerprint density at radius 1 is 1.25 bits per heavy atom. The Kier molecular flexibility index (Phi) is 3.68. The van der Waals surface area contributed by atoms with Crippen molar-refractivity contribution in [3.05, 3.63) is 12.7 Å². The van der Waals surface area contributed by atoms with Crippen LogP contribution >= 0.6 is 0 Å². The van der Waals surface area contributed by atoms with E-state index in [1.54, 1.807) is 0 Å². The molecule has 0 aliphatic rings. The minimum absolute atomic E-state index is 0. The van der Waals surface area contributed by atoms with Gasteiger partial charge in [0.25, 0.3) is 0 Å². The average Bonchev–Trinajstić information content (AvgIpc) is 1.69. The van der Waals surface area contributed by atoms with Crippen LogP contribution in [-0.4, -0.2) is 44.5 Å². The normalized spacial score (nSPS) is 7.50. The molecular formula is C3H5N4Na. The molecule has 1 aromatic rings. The summed E-state index contributed by atoms with van der Waals surface area (Å²) in [4.78, 5) is 10.6. The number of hydrogen-bond donors (Lipinski definition) is 1. The third-order valence-corrected chi connectivity index (χ3v) is 0.513. The second-order valence-corrected chi connectivity index (χ2v) is 0.996. The fraction of sp³-hybridized carbons (Fsp3) is 0. The van der Waals surface area contributed by atoms with Crippen LogP contribution in [0.25, 0.3) is 0 Å². The van der Waals surface area contributed by atoms with Crippen molar-refractivity contribution in [2.45, 2.75) is 0 Å². The van der Waals surface area contributed by atoms with Gasteiger partial charge in [0.2, 0.25) is 5.95 Å². The number of nitrogen functional groups attached to an aromatic ring is 1. The summed E-state index contributed by atoms with van der Waals surface area (Å²) in [6.45, 7) is 0. The van der Waals surface area contributed by atoms with Gasteiger partial charge in [0.15, 0.2) is 0 Å². The van der Waals surface area contributed by atoms with Gasteiger partial charge in [-0.25, -0.2) is 15.0 Å². The molecule has 38 valence electrons. The van der Waals surface area contributed by atoms with Crippen molar-refractivity contribution in [2.75, 3.05) is 5.73 Å². The molecule has 2 N–H and O–H groups in total. The maximum atomic E-state index is 5.10. The molecule has 0 radical (unpaired) electrons. The van der Waals surface area contributed by atoms with Crippen LogP contribution in [-0.2, 0) is 0 Å². The molecule has 0 unspecified atom stereocenters. The first kappa shape index (κ1) is 7.81. The number of anilines is 1. The summed E-state index contributed by atoms with van der Waals surface area (Å²) >= 11 is 0. The molecule has 0 fully saturated rings. The fourth-order valence-corrected chi connectivity index (χ4v) is 0.248. The number of nitrogens with zero attached hydrogens (tertiary/aromatic N) is 3. The summed E-state index contributed by atoms with van der Waals surface area (Å²) in [6.07, 6.45) is 2.70. The first-order valence-electron chi connectivity index (χ1n) is 1.77. The van der Waals surface area contributed by atoms with E-state index in [4.69, 9.17) is 5.73 Å². The van der Waals surface area contributed by atoms with Crippen molar-refractivity contribution < 1.29 is 0 Å². The SMILES string of the molecule is Nc1ncncn1.[NaH]. The van der Waals surface area contributed by atoms with Crippen molar-refractivity contribution in [3.63, 3.8) is 0 Å². The number of nitrogens with two attached hydrogens (primary N) is 1. The van der Waals surface area contributed by atoms with E-state index >= 15 is 0 Å². The Balaban J connectivity index is 0.000000490. The zero-order valence-corrected chi connectivity index (χ0v) is 3.57. The van der Waals surface area contributed by atoms with Crippen LogP contribution in [0.15, 0.2) is 12.7 Å². The average molecular weight is 120 g/mol. The summed E-state index contributed by atoms with van der Waals surface area (Å²) in [6, 6.07) is 0. The number of aromatic nitrogens is 3. The quantitative estimate of drug-likeness (QED) is 0.437. The molecule has 8 heavy (non-hydrogen) atoms. The Hall–Kier alpha value is -0.190. The molecule has 0 saturated carbocycles. The topological polar surface area (TPSA) is 64.7 Å². The van der Waals surface area contributed by atoms with Crippen LogP contribution in [0.5, 0.6) is 0 Å². The molecule has 0 saturated heterocycles. The Labute approximate surface area is 68.8 Å². The van der Waals surface area contributed by atoms with Crippen LogP contribution in [0.3, 0.4) is 0 Å². The second kappa shape index (κ2) is 3.77. The van der Waals surface area contributed by atoms with Crippen LogP contribution in [0, 0.1) is 0 Å². The summed E-state index contributed by atoms with van der Waals surface area (Å²) in [7, 11) is 0. The van der Waals surface area contributed by atoms with Crippen molar-refractivity contribution >= 4 is 35.5 Å². The molecule has 0 bridgehead atoms. The van der Waals surface area contributed by atoms with Gasteiger partial charge in [-0.1, -0.05) is 0 Å².